The molecule has 2 saturated heterocycles. The Morgan fingerprint density at radius 2 is 2.20 bits per heavy atom. The molecule has 0 aliphatic carbocycles. The maximum atomic E-state index is 12.3. The highest BCUT2D eigenvalue weighted by Crippen LogP contribution is 2.28. The van der Waals surface area contributed by atoms with Crippen LogP contribution in [0.2, 0.25) is 0 Å². The van der Waals surface area contributed by atoms with Crippen LogP contribution in [0, 0.1) is 5.92 Å². The minimum atomic E-state index is 0.309. The number of ether oxygens (including phenoxy) is 1. The minimum Gasteiger partial charge on any atom is -0.381 e. The zero-order valence-electron chi connectivity index (χ0n) is 12.1. The summed E-state index contributed by atoms with van der Waals surface area (Å²) in [6, 6.07) is 2.10. The minimum absolute atomic E-state index is 0.309. The summed E-state index contributed by atoms with van der Waals surface area (Å²) in [6.45, 7) is 3.34. The third kappa shape index (κ3) is 2.87. The number of piperidine rings is 1. The number of aromatic nitrogens is 2. The van der Waals surface area contributed by atoms with Crippen molar-refractivity contribution >= 4 is 5.91 Å². The van der Waals surface area contributed by atoms with Crippen molar-refractivity contribution in [1.82, 2.24) is 14.7 Å². The van der Waals surface area contributed by atoms with E-state index >= 15 is 0 Å². The molecule has 2 aliphatic rings. The lowest BCUT2D eigenvalue weighted by molar-refractivity contribution is -0.133. The molecule has 0 bridgehead atoms. The number of carbonyl (C=O) groups excluding carboxylic acids is 1. The number of hydrogen-bond acceptors (Lipinski definition) is 3. The summed E-state index contributed by atoms with van der Waals surface area (Å²) in [5.74, 6) is 1.29. The van der Waals surface area contributed by atoms with Gasteiger partial charge in [0.25, 0.3) is 0 Å². The molecule has 5 nitrogen and oxygen atoms in total. The smallest absolute Gasteiger partial charge is 0.222 e. The molecule has 0 spiro atoms. The molecule has 1 atom stereocenters. The predicted molar refractivity (Wildman–Crippen MR) is 75.3 cm³/mol. The van der Waals surface area contributed by atoms with Crippen LogP contribution in [0.4, 0.5) is 0 Å². The van der Waals surface area contributed by atoms with E-state index in [1.807, 2.05) is 22.8 Å². The fraction of sp³-hybridized carbons (Fsp3) is 0.733. The molecule has 0 radical (unpaired) electrons. The van der Waals surface area contributed by atoms with Gasteiger partial charge in [-0.2, -0.15) is 5.10 Å². The van der Waals surface area contributed by atoms with Crippen molar-refractivity contribution in [3.8, 4) is 0 Å². The maximum absolute atomic E-state index is 12.3. The van der Waals surface area contributed by atoms with Crippen molar-refractivity contribution < 1.29 is 9.53 Å². The first kappa shape index (κ1) is 13.6. The topological polar surface area (TPSA) is 47.4 Å². The predicted octanol–water partition coefficient (Wildman–Crippen LogP) is 1.55. The van der Waals surface area contributed by atoms with Crippen LogP contribution in [-0.4, -0.2) is 46.9 Å². The third-order valence-electron chi connectivity index (χ3n) is 4.61. The average molecular weight is 277 g/mol. The van der Waals surface area contributed by atoms with Crippen LogP contribution >= 0.6 is 0 Å². The Morgan fingerprint density at radius 3 is 2.80 bits per heavy atom. The molecule has 1 amide bonds. The number of carbonyl (C=O) groups is 1. The van der Waals surface area contributed by atoms with Gasteiger partial charge in [0.1, 0.15) is 0 Å². The molecule has 2 fully saturated rings. The summed E-state index contributed by atoms with van der Waals surface area (Å²) >= 11 is 0. The molecule has 1 aromatic rings. The number of nitrogens with zero attached hydrogens (tertiary/aromatic N) is 3. The van der Waals surface area contributed by atoms with Crippen molar-refractivity contribution in [2.45, 2.75) is 31.6 Å². The molecule has 20 heavy (non-hydrogen) atoms. The van der Waals surface area contributed by atoms with E-state index in [9.17, 15) is 4.79 Å². The van der Waals surface area contributed by atoms with Gasteiger partial charge in [-0.15, -0.1) is 0 Å². The molecule has 0 N–H and O–H groups in total. The van der Waals surface area contributed by atoms with E-state index in [0.717, 1.165) is 45.6 Å². The largest absolute Gasteiger partial charge is 0.381 e. The lowest BCUT2D eigenvalue weighted by atomic mass is 9.93. The van der Waals surface area contributed by atoms with Crippen LogP contribution in [0.3, 0.4) is 0 Å². The van der Waals surface area contributed by atoms with E-state index in [1.54, 1.807) is 0 Å². The average Bonchev–Trinajstić information content (AvgIpc) is 3.10. The summed E-state index contributed by atoms with van der Waals surface area (Å²) in [6.07, 6.45) is 5.65. The fourth-order valence-corrected chi connectivity index (χ4v) is 3.33. The van der Waals surface area contributed by atoms with Gasteiger partial charge in [-0.1, -0.05) is 0 Å². The molecular weight excluding hydrogens is 254 g/mol. The van der Waals surface area contributed by atoms with E-state index in [1.165, 1.54) is 5.69 Å². The van der Waals surface area contributed by atoms with Gasteiger partial charge in [-0.25, -0.2) is 0 Å². The van der Waals surface area contributed by atoms with Crippen molar-refractivity contribution in [1.29, 1.82) is 0 Å². The van der Waals surface area contributed by atoms with Gasteiger partial charge in [-0.05, 0) is 31.2 Å². The Bertz CT molecular complexity index is 457. The first-order valence-corrected chi connectivity index (χ1v) is 7.57. The van der Waals surface area contributed by atoms with Gasteiger partial charge >= 0.3 is 0 Å². The van der Waals surface area contributed by atoms with E-state index in [-0.39, 0.29) is 0 Å². The van der Waals surface area contributed by atoms with Crippen molar-refractivity contribution in [2.75, 3.05) is 26.3 Å². The zero-order valence-corrected chi connectivity index (χ0v) is 12.1. The van der Waals surface area contributed by atoms with Crippen molar-refractivity contribution in [3.05, 3.63) is 18.0 Å². The second kappa shape index (κ2) is 5.95. The van der Waals surface area contributed by atoms with Crippen LogP contribution in [0.1, 0.15) is 37.3 Å². The molecule has 0 aromatic carbocycles. The number of amides is 1. The molecule has 0 unspecified atom stereocenters. The van der Waals surface area contributed by atoms with Crippen LogP contribution in [0.15, 0.2) is 12.3 Å². The molecule has 1 aromatic heterocycles. The number of rotatable bonds is 3. The van der Waals surface area contributed by atoms with Gasteiger partial charge in [0.15, 0.2) is 0 Å². The molecular formula is C15H23N3O2. The lowest BCUT2D eigenvalue weighted by Gasteiger charge is -2.32. The van der Waals surface area contributed by atoms with E-state index in [4.69, 9.17) is 4.74 Å². The molecule has 3 heterocycles. The standard InChI is InChI=1S/C15H23N3O2/c1-17-14(2-6-16-17)13-3-7-18(8-4-13)15(19)10-12-5-9-20-11-12/h2,6,12-13H,3-5,7-11H2,1H3/t12-/m1/s1. The van der Waals surface area contributed by atoms with Crippen molar-refractivity contribution in [2.24, 2.45) is 13.0 Å². The number of likely N-dealkylation sites (tertiary alicyclic amines) is 1. The fourth-order valence-electron chi connectivity index (χ4n) is 3.33. The summed E-state index contributed by atoms with van der Waals surface area (Å²) in [5.41, 5.74) is 1.29. The lowest BCUT2D eigenvalue weighted by Crippen LogP contribution is -2.39. The quantitative estimate of drug-likeness (QED) is 0.842. The summed E-state index contributed by atoms with van der Waals surface area (Å²) in [4.78, 5) is 14.3. The number of hydrogen-bond donors (Lipinski definition) is 0. The molecule has 110 valence electrons. The third-order valence-corrected chi connectivity index (χ3v) is 4.61. The van der Waals surface area contributed by atoms with Crippen LogP contribution in [-0.2, 0) is 16.6 Å². The second-order valence-corrected chi connectivity index (χ2v) is 5.97. The Morgan fingerprint density at radius 1 is 1.40 bits per heavy atom. The summed E-state index contributed by atoms with van der Waals surface area (Å²) < 4.78 is 7.30. The van der Waals surface area contributed by atoms with Crippen LogP contribution < -0.4 is 0 Å². The Kier molecular flexibility index (Phi) is 4.05. The van der Waals surface area contributed by atoms with Gasteiger partial charge in [0.2, 0.25) is 5.91 Å². The highest BCUT2D eigenvalue weighted by atomic mass is 16.5. The Labute approximate surface area is 119 Å². The van der Waals surface area contributed by atoms with E-state index < -0.39 is 0 Å². The first-order valence-electron chi connectivity index (χ1n) is 7.57. The Balaban J connectivity index is 1.50. The van der Waals surface area contributed by atoms with E-state index in [0.29, 0.717) is 24.2 Å². The SMILES string of the molecule is Cn1nccc1C1CCN(C(=O)C[C@H]2CCOC2)CC1. The highest BCUT2D eigenvalue weighted by molar-refractivity contribution is 5.76. The molecule has 3 rings (SSSR count). The van der Waals surface area contributed by atoms with Crippen molar-refractivity contribution in [3.63, 3.8) is 0 Å². The normalized spacial score (nSPS) is 24.2. The Hall–Kier alpha value is -1.36. The van der Waals surface area contributed by atoms with Crippen LogP contribution in [0.5, 0.6) is 0 Å². The second-order valence-electron chi connectivity index (χ2n) is 5.97. The maximum Gasteiger partial charge on any atom is 0.222 e. The highest BCUT2D eigenvalue weighted by Gasteiger charge is 2.27. The van der Waals surface area contributed by atoms with Crippen LogP contribution in [0.25, 0.3) is 0 Å². The van der Waals surface area contributed by atoms with Gasteiger partial charge in [0, 0.05) is 57.6 Å². The number of aryl methyl sites for hydroxylation is 1. The summed E-state index contributed by atoms with van der Waals surface area (Å²) in [7, 11) is 1.99. The molecule has 2 aliphatic heterocycles. The van der Waals surface area contributed by atoms with Gasteiger partial charge in [-0.3, -0.25) is 9.48 Å². The zero-order chi connectivity index (χ0) is 13.9. The van der Waals surface area contributed by atoms with Gasteiger partial charge < -0.3 is 9.64 Å². The summed E-state index contributed by atoms with van der Waals surface area (Å²) in [5, 5.41) is 4.24. The first-order chi connectivity index (χ1) is 9.74. The molecule has 0 saturated carbocycles. The van der Waals surface area contributed by atoms with E-state index in [2.05, 4.69) is 11.2 Å². The monoisotopic (exact) mass is 277 g/mol. The molecule has 5 heteroatoms. The van der Waals surface area contributed by atoms with Gasteiger partial charge in [0.05, 0.1) is 0 Å².